The lowest BCUT2D eigenvalue weighted by Crippen LogP contribution is -2.03. The summed E-state index contributed by atoms with van der Waals surface area (Å²) in [6, 6.07) is 6.95. The number of ether oxygens (including phenoxy) is 2. The minimum Gasteiger partial charge on any atom is -0.459 e. The van der Waals surface area contributed by atoms with Crippen LogP contribution in [0, 0.1) is 0 Å². The van der Waals surface area contributed by atoms with E-state index in [2.05, 4.69) is 6.58 Å². The molecule has 3 heteroatoms. The molecule has 3 nitrogen and oxygen atoms in total. The second-order valence-electron chi connectivity index (χ2n) is 2.84. The fraction of sp³-hybridized carbons (Fsp3) is 0.182. The van der Waals surface area contributed by atoms with Crippen LogP contribution in [0.2, 0.25) is 0 Å². The van der Waals surface area contributed by atoms with Crippen molar-refractivity contribution < 1.29 is 14.3 Å². The van der Waals surface area contributed by atoms with Crippen LogP contribution in [0.1, 0.15) is 13.8 Å². The van der Waals surface area contributed by atoms with Crippen molar-refractivity contribution in [1.82, 2.24) is 0 Å². The summed E-state index contributed by atoms with van der Waals surface area (Å²) >= 11 is 0. The number of carbonyl (C=O) groups is 1. The minimum atomic E-state index is -0.372. The Kier molecular flexibility index (Phi) is 3.29. The molecule has 74 valence electrons. The molecule has 0 radical (unpaired) electrons. The van der Waals surface area contributed by atoms with Crippen LogP contribution < -0.4 is 9.47 Å². The molecule has 0 heterocycles. The van der Waals surface area contributed by atoms with Crippen molar-refractivity contribution in [2.75, 3.05) is 0 Å². The molecule has 0 fully saturated rings. The van der Waals surface area contributed by atoms with E-state index in [0.29, 0.717) is 17.3 Å². The van der Waals surface area contributed by atoms with Gasteiger partial charge in [-0.05, 0) is 19.1 Å². The number of carbonyl (C=O) groups excluding carboxylic acids is 1. The van der Waals surface area contributed by atoms with Crippen molar-refractivity contribution in [3.05, 3.63) is 36.6 Å². The van der Waals surface area contributed by atoms with Crippen LogP contribution in [0.15, 0.2) is 36.6 Å². The summed E-state index contributed by atoms with van der Waals surface area (Å²) in [6.07, 6.45) is 0. The van der Waals surface area contributed by atoms with E-state index in [1.54, 1.807) is 31.2 Å². The third kappa shape index (κ3) is 2.94. The molecule has 0 saturated heterocycles. The molecule has 0 amide bonds. The topological polar surface area (TPSA) is 35.5 Å². The van der Waals surface area contributed by atoms with Gasteiger partial charge >= 0.3 is 5.97 Å². The van der Waals surface area contributed by atoms with E-state index < -0.39 is 0 Å². The van der Waals surface area contributed by atoms with Gasteiger partial charge in [0.25, 0.3) is 0 Å². The van der Waals surface area contributed by atoms with Crippen molar-refractivity contribution in [2.45, 2.75) is 13.8 Å². The van der Waals surface area contributed by atoms with Crippen molar-refractivity contribution in [2.24, 2.45) is 0 Å². The Hall–Kier alpha value is -1.77. The number of esters is 1. The Labute approximate surface area is 83.0 Å². The molecule has 0 aliphatic rings. The van der Waals surface area contributed by atoms with Crippen LogP contribution in [-0.2, 0) is 4.79 Å². The average Bonchev–Trinajstić information content (AvgIpc) is 2.06. The van der Waals surface area contributed by atoms with Crippen LogP contribution in [0.5, 0.6) is 11.5 Å². The average molecular weight is 192 g/mol. The molecule has 1 aromatic carbocycles. The van der Waals surface area contributed by atoms with E-state index in [1.165, 1.54) is 6.92 Å². The molecule has 1 rings (SSSR count). The highest BCUT2D eigenvalue weighted by Crippen LogP contribution is 2.27. The van der Waals surface area contributed by atoms with Gasteiger partial charge in [-0.3, -0.25) is 4.79 Å². The monoisotopic (exact) mass is 192 g/mol. The lowest BCUT2D eigenvalue weighted by atomic mass is 10.3. The molecule has 14 heavy (non-hydrogen) atoms. The van der Waals surface area contributed by atoms with Gasteiger partial charge in [0, 0.05) is 6.92 Å². The molecule has 0 aliphatic carbocycles. The number of para-hydroxylation sites is 2. The van der Waals surface area contributed by atoms with E-state index in [-0.39, 0.29) is 5.97 Å². The van der Waals surface area contributed by atoms with Crippen LogP contribution in [0.25, 0.3) is 0 Å². The second-order valence-corrected chi connectivity index (χ2v) is 2.84. The van der Waals surface area contributed by atoms with Crippen molar-refractivity contribution in [3.8, 4) is 11.5 Å². The highest BCUT2D eigenvalue weighted by Gasteiger charge is 2.06. The number of rotatable bonds is 3. The Bertz CT molecular complexity index is 320. The van der Waals surface area contributed by atoms with E-state index in [0.717, 1.165) is 0 Å². The second kappa shape index (κ2) is 4.46. The smallest absolute Gasteiger partial charge is 0.308 e. The quantitative estimate of drug-likeness (QED) is 0.419. The van der Waals surface area contributed by atoms with Gasteiger partial charge in [0.15, 0.2) is 11.5 Å². The standard InChI is InChI=1S/C11H12O3/c1-8(2)13-10-6-4-5-7-11(10)14-9(3)12/h4-7H,1H2,2-3H3. The third-order valence-corrected chi connectivity index (χ3v) is 1.39. The summed E-state index contributed by atoms with van der Waals surface area (Å²) in [5.74, 6) is 1.07. The maximum absolute atomic E-state index is 10.8. The predicted molar refractivity (Wildman–Crippen MR) is 53.2 cm³/mol. The predicted octanol–water partition coefficient (Wildman–Crippen LogP) is 2.52. The first kappa shape index (κ1) is 10.3. The van der Waals surface area contributed by atoms with Gasteiger partial charge in [0.1, 0.15) is 0 Å². The van der Waals surface area contributed by atoms with Crippen LogP contribution >= 0.6 is 0 Å². The fourth-order valence-electron chi connectivity index (χ4n) is 0.961. The molecule has 0 atom stereocenters. The first-order valence-electron chi connectivity index (χ1n) is 4.20. The Morgan fingerprint density at radius 3 is 2.07 bits per heavy atom. The molecule has 0 aromatic heterocycles. The van der Waals surface area contributed by atoms with Crippen molar-refractivity contribution >= 4 is 5.97 Å². The molecule has 0 N–H and O–H groups in total. The zero-order valence-corrected chi connectivity index (χ0v) is 8.24. The van der Waals surface area contributed by atoms with Gasteiger partial charge in [0.05, 0.1) is 5.76 Å². The third-order valence-electron chi connectivity index (χ3n) is 1.39. The number of allylic oxidation sites excluding steroid dienone is 1. The van der Waals surface area contributed by atoms with Gasteiger partial charge in [-0.15, -0.1) is 0 Å². The molecular formula is C11H12O3. The maximum atomic E-state index is 10.8. The van der Waals surface area contributed by atoms with Gasteiger partial charge < -0.3 is 9.47 Å². The summed E-state index contributed by atoms with van der Waals surface area (Å²) in [4.78, 5) is 10.8. The molecule has 0 unspecified atom stereocenters. The molecule has 1 aromatic rings. The molecule has 0 aliphatic heterocycles. The zero-order valence-electron chi connectivity index (χ0n) is 8.24. The van der Waals surface area contributed by atoms with Crippen LogP contribution in [0.4, 0.5) is 0 Å². The Morgan fingerprint density at radius 1 is 1.14 bits per heavy atom. The number of benzene rings is 1. The SMILES string of the molecule is C=C(C)Oc1ccccc1OC(C)=O. The summed E-state index contributed by atoms with van der Waals surface area (Å²) < 4.78 is 10.2. The zero-order chi connectivity index (χ0) is 10.6. The van der Waals surface area contributed by atoms with E-state index in [1.807, 2.05) is 0 Å². The Morgan fingerprint density at radius 2 is 1.64 bits per heavy atom. The molecule has 0 bridgehead atoms. The van der Waals surface area contributed by atoms with E-state index in [4.69, 9.17) is 9.47 Å². The number of hydrogen-bond donors (Lipinski definition) is 0. The summed E-state index contributed by atoms with van der Waals surface area (Å²) in [5.41, 5.74) is 0. The van der Waals surface area contributed by atoms with E-state index in [9.17, 15) is 4.79 Å². The van der Waals surface area contributed by atoms with E-state index >= 15 is 0 Å². The van der Waals surface area contributed by atoms with Gasteiger partial charge in [-0.1, -0.05) is 18.7 Å². The van der Waals surface area contributed by atoms with Crippen molar-refractivity contribution in [3.63, 3.8) is 0 Å². The normalized spacial score (nSPS) is 9.29. The van der Waals surface area contributed by atoms with Gasteiger partial charge in [-0.2, -0.15) is 0 Å². The van der Waals surface area contributed by atoms with Crippen molar-refractivity contribution in [1.29, 1.82) is 0 Å². The minimum absolute atomic E-state index is 0.372. The lowest BCUT2D eigenvalue weighted by molar-refractivity contribution is -0.132. The molecular weight excluding hydrogens is 180 g/mol. The highest BCUT2D eigenvalue weighted by atomic mass is 16.6. The van der Waals surface area contributed by atoms with Gasteiger partial charge in [-0.25, -0.2) is 0 Å². The Balaban J connectivity index is 2.90. The van der Waals surface area contributed by atoms with Crippen LogP contribution in [0.3, 0.4) is 0 Å². The summed E-state index contributed by atoms with van der Waals surface area (Å²) in [5, 5.41) is 0. The highest BCUT2D eigenvalue weighted by molar-refractivity contribution is 5.70. The number of hydrogen-bond acceptors (Lipinski definition) is 3. The molecule has 0 saturated carbocycles. The maximum Gasteiger partial charge on any atom is 0.308 e. The lowest BCUT2D eigenvalue weighted by Gasteiger charge is -2.09. The summed E-state index contributed by atoms with van der Waals surface area (Å²) in [7, 11) is 0. The summed E-state index contributed by atoms with van der Waals surface area (Å²) in [6.45, 7) is 6.68. The largest absolute Gasteiger partial charge is 0.459 e. The van der Waals surface area contributed by atoms with Crippen LogP contribution in [-0.4, -0.2) is 5.97 Å². The van der Waals surface area contributed by atoms with Gasteiger partial charge in [0.2, 0.25) is 0 Å². The first-order valence-corrected chi connectivity index (χ1v) is 4.20. The molecule has 0 spiro atoms. The first-order chi connectivity index (χ1) is 6.59. The fourth-order valence-corrected chi connectivity index (χ4v) is 0.961.